The molecule has 0 unspecified atom stereocenters. The molecule has 4 heteroatoms. The van der Waals surface area contributed by atoms with Gasteiger partial charge in [0.15, 0.2) is 0 Å². The van der Waals surface area contributed by atoms with Gasteiger partial charge in [0.05, 0.1) is 13.7 Å². The van der Waals surface area contributed by atoms with Crippen LogP contribution in [-0.2, 0) is 13.6 Å². The van der Waals surface area contributed by atoms with Gasteiger partial charge in [-0.2, -0.15) is 0 Å². The molecule has 0 saturated heterocycles. The third kappa shape index (κ3) is 2.70. The van der Waals surface area contributed by atoms with Crippen LogP contribution in [0.3, 0.4) is 0 Å². The fourth-order valence-corrected chi connectivity index (χ4v) is 2.74. The Morgan fingerprint density at radius 1 is 1.30 bits per heavy atom. The highest BCUT2D eigenvalue weighted by molar-refractivity contribution is 5.30. The highest BCUT2D eigenvalue weighted by Gasteiger charge is 2.29. The van der Waals surface area contributed by atoms with Gasteiger partial charge in [-0.05, 0) is 36.5 Å². The largest absolute Gasteiger partial charge is 0.497 e. The van der Waals surface area contributed by atoms with Crippen molar-refractivity contribution >= 4 is 0 Å². The lowest BCUT2D eigenvalue weighted by Crippen LogP contribution is -2.40. The fourth-order valence-electron chi connectivity index (χ4n) is 2.74. The summed E-state index contributed by atoms with van der Waals surface area (Å²) in [5.74, 6) is 2.70. The summed E-state index contributed by atoms with van der Waals surface area (Å²) in [6, 6.07) is 9.06. The number of methoxy groups -OCH3 is 1. The molecule has 1 fully saturated rings. The van der Waals surface area contributed by atoms with Crippen LogP contribution in [-0.4, -0.2) is 22.7 Å². The van der Waals surface area contributed by atoms with Crippen LogP contribution in [0.4, 0.5) is 0 Å². The average molecular weight is 271 g/mol. The lowest BCUT2D eigenvalue weighted by atomic mass is 9.76. The van der Waals surface area contributed by atoms with Crippen LogP contribution in [0.15, 0.2) is 36.7 Å². The number of hydrogen-bond acceptors (Lipinski definition) is 3. The van der Waals surface area contributed by atoms with E-state index in [1.165, 1.54) is 18.4 Å². The molecule has 1 N–H and O–H groups in total. The maximum Gasteiger partial charge on any atom is 0.122 e. The van der Waals surface area contributed by atoms with Crippen LogP contribution in [0.5, 0.6) is 5.75 Å². The van der Waals surface area contributed by atoms with E-state index in [0.29, 0.717) is 12.0 Å². The minimum absolute atomic E-state index is 0.610. The second-order valence-corrected chi connectivity index (χ2v) is 5.47. The Balaban J connectivity index is 1.47. The Hall–Kier alpha value is -1.81. The number of ether oxygens (including phenoxy) is 1. The number of nitrogens with one attached hydrogen (secondary N) is 1. The molecule has 0 radical (unpaired) electrons. The second kappa shape index (κ2) is 5.67. The molecule has 1 aromatic carbocycles. The van der Waals surface area contributed by atoms with E-state index in [0.717, 1.165) is 18.1 Å². The van der Waals surface area contributed by atoms with Crippen molar-refractivity contribution in [3.63, 3.8) is 0 Å². The smallest absolute Gasteiger partial charge is 0.122 e. The molecule has 4 nitrogen and oxygen atoms in total. The summed E-state index contributed by atoms with van der Waals surface area (Å²) in [5.41, 5.74) is 1.42. The van der Waals surface area contributed by atoms with Crippen LogP contribution in [0, 0.1) is 0 Å². The van der Waals surface area contributed by atoms with Crippen molar-refractivity contribution in [1.82, 2.24) is 14.9 Å². The molecule has 106 valence electrons. The number of benzene rings is 1. The first-order chi connectivity index (χ1) is 9.76. The zero-order valence-electron chi connectivity index (χ0n) is 12.0. The number of hydrogen-bond donors (Lipinski definition) is 1. The van der Waals surface area contributed by atoms with E-state index >= 15 is 0 Å². The molecule has 1 aromatic heterocycles. The lowest BCUT2D eigenvalue weighted by Gasteiger charge is -2.36. The van der Waals surface area contributed by atoms with Crippen LogP contribution >= 0.6 is 0 Å². The summed E-state index contributed by atoms with van der Waals surface area (Å²) >= 11 is 0. The molecule has 0 aliphatic heterocycles. The summed E-state index contributed by atoms with van der Waals surface area (Å²) in [4.78, 5) is 4.33. The fraction of sp³-hybridized carbons (Fsp3) is 0.438. The van der Waals surface area contributed by atoms with Crippen molar-refractivity contribution in [3.05, 3.63) is 48.0 Å². The van der Waals surface area contributed by atoms with Crippen molar-refractivity contribution in [2.75, 3.05) is 7.11 Å². The van der Waals surface area contributed by atoms with Crippen molar-refractivity contribution in [2.24, 2.45) is 7.05 Å². The first-order valence-corrected chi connectivity index (χ1v) is 7.10. The molecule has 0 amide bonds. The van der Waals surface area contributed by atoms with Crippen LogP contribution in [0.25, 0.3) is 0 Å². The highest BCUT2D eigenvalue weighted by Crippen LogP contribution is 2.37. The normalized spacial score (nSPS) is 21.5. The minimum Gasteiger partial charge on any atom is -0.497 e. The minimum atomic E-state index is 0.610. The molecule has 0 spiro atoms. The standard InChI is InChI=1S/C16H21N3O/c1-19-8-7-17-16(19)11-18-14-9-13(10-14)12-3-5-15(20-2)6-4-12/h3-8,13-14,18H,9-11H2,1-2H3. The van der Waals surface area contributed by atoms with Crippen LogP contribution < -0.4 is 10.1 Å². The van der Waals surface area contributed by atoms with Crippen molar-refractivity contribution in [3.8, 4) is 5.75 Å². The maximum absolute atomic E-state index is 5.19. The predicted octanol–water partition coefficient (Wildman–Crippen LogP) is 2.46. The number of aryl methyl sites for hydroxylation is 1. The molecular formula is C16H21N3O. The van der Waals surface area contributed by atoms with Gasteiger partial charge < -0.3 is 14.6 Å². The predicted molar refractivity (Wildman–Crippen MR) is 78.8 cm³/mol. The maximum atomic E-state index is 5.19. The second-order valence-electron chi connectivity index (χ2n) is 5.47. The summed E-state index contributed by atoms with van der Waals surface area (Å²) < 4.78 is 7.25. The van der Waals surface area contributed by atoms with Gasteiger partial charge in [0.1, 0.15) is 11.6 Å². The van der Waals surface area contributed by atoms with E-state index in [2.05, 4.69) is 27.0 Å². The summed E-state index contributed by atoms with van der Waals surface area (Å²) in [7, 11) is 3.74. The van der Waals surface area contributed by atoms with Crippen molar-refractivity contribution in [2.45, 2.75) is 31.3 Å². The van der Waals surface area contributed by atoms with Gasteiger partial charge >= 0.3 is 0 Å². The number of imidazole rings is 1. The van der Waals surface area contributed by atoms with Crippen molar-refractivity contribution < 1.29 is 4.74 Å². The molecular weight excluding hydrogens is 250 g/mol. The van der Waals surface area contributed by atoms with Crippen LogP contribution in [0.2, 0.25) is 0 Å². The lowest BCUT2D eigenvalue weighted by molar-refractivity contribution is 0.286. The number of aromatic nitrogens is 2. The Morgan fingerprint density at radius 3 is 2.65 bits per heavy atom. The molecule has 1 heterocycles. The van der Waals surface area contributed by atoms with E-state index in [1.54, 1.807) is 7.11 Å². The van der Waals surface area contributed by atoms with Gasteiger partial charge in [-0.25, -0.2) is 4.98 Å². The monoisotopic (exact) mass is 271 g/mol. The Morgan fingerprint density at radius 2 is 2.05 bits per heavy atom. The van der Waals surface area contributed by atoms with E-state index < -0.39 is 0 Å². The van der Waals surface area contributed by atoms with Crippen molar-refractivity contribution in [1.29, 1.82) is 0 Å². The molecule has 1 saturated carbocycles. The van der Waals surface area contributed by atoms with E-state index in [-0.39, 0.29) is 0 Å². The molecule has 3 rings (SSSR count). The quantitative estimate of drug-likeness (QED) is 0.908. The molecule has 0 atom stereocenters. The Labute approximate surface area is 119 Å². The third-order valence-corrected chi connectivity index (χ3v) is 4.20. The summed E-state index contributed by atoms with van der Waals surface area (Å²) in [5, 5.41) is 3.58. The first kappa shape index (κ1) is 13.2. The number of nitrogens with zero attached hydrogens (tertiary/aromatic N) is 2. The number of rotatable bonds is 5. The summed E-state index contributed by atoms with van der Waals surface area (Å²) in [6.07, 6.45) is 6.24. The third-order valence-electron chi connectivity index (χ3n) is 4.20. The Kier molecular flexibility index (Phi) is 3.74. The van der Waals surface area contributed by atoms with Gasteiger partial charge in [-0.1, -0.05) is 12.1 Å². The van der Waals surface area contributed by atoms with E-state index in [4.69, 9.17) is 4.74 Å². The SMILES string of the molecule is COc1ccc(C2CC(NCc3nccn3C)C2)cc1. The average Bonchev–Trinajstić information content (AvgIpc) is 2.83. The van der Waals surface area contributed by atoms with Crippen LogP contribution in [0.1, 0.15) is 30.1 Å². The zero-order valence-corrected chi connectivity index (χ0v) is 12.0. The Bertz CT molecular complexity index is 555. The van der Waals surface area contributed by atoms with Gasteiger partial charge in [0, 0.05) is 25.5 Å². The topological polar surface area (TPSA) is 39.1 Å². The molecule has 0 bridgehead atoms. The van der Waals surface area contributed by atoms with E-state index in [9.17, 15) is 0 Å². The zero-order chi connectivity index (χ0) is 13.9. The highest BCUT2D eigenvalue weighted by atomic mass is 16.5. The summed E-state index contributed by atoms with van der Waals surface area (Å²) in [6.45, 7) is 0.851. The molecule has 20 heavy (non-hydrogen) atoms. The van der Waals surface area contributed by atoms with Gasteiger partial charge in [-0.3, -0.25) is 0 Å². The van der Waals surface area contributed by atoms with Gasteiger partial charge in [-0.15, -0.1) is 0 Å². The van der Waals surface area contributed by atoms with Gasteiger partial charge in [0.25, 0.3) is 0 Å². The first-order valence-electron chi connectivity index (χ1n) is 7.10. The molecule has 1 aliphatic rings. The van der Waals surface area contributed by atoms with E-state index in [1.807, 2.05) is 31.6 Å². The van der Waals surface area contributed by atoms with Gasteiger partial charge in [0.2, 0.25) is 0 Å². The molecule has 2 aromatic rings. The molecule has 1 aliphatic carbocycles.